The number of halogens is 1. The first kappa shape index (κ1) is 15.1. The molecule has 0 radical (unpaired) electrons. The standard InChI is InChI=1S/C16H17FN4O2/c1-8-4-5-11(10(17)6-8)20-14-12-13(18-7-19-15(12)22)9(2)16(23)21(14)3/h4-6,18,20H,7H2,1-3H3,(H,19,22). The number of hydrogen-bond acceptors (Lipinski definition) is 4. The van der Waals surface area contributed by atoms with Crippen LogP contribution in [-0.2, 0) is 7.05 Å². The number of carbonyl (C=O) groups excluding carboxylic acids is 1. The lowest BCUT2D eigenvalue weighted by molar-refractivity contribution is 0.0953. The van der Waals surface area contributed by atoms with Crippen LogP contribution in [0.15, 0.2) is 23.0 Å². The maximum Gasteiger partial charge on any atom is 0.258 e. The molecule has 0 fully saturated rings. The molecule has 0 atom stereocenters. The largest absolute Gasteiger partial charge is 0.367 e. The molecule has 0 aliphatic carbocycles. The zero-order valence-corrected chi connectivity index (χ0v) is 13.1. The molecule has 0 saturated heterocycles. The van der Waals surface area contributed by atoms with E-state index in [1.807, 2.05) is 0 Å². The smallest absolute Gasteiger partial charge is 0.258 e. The van der Waals surface area contributed by atoms with Gasteiger partial charge in [-0.05, 0) is 31.5 Å². The molecule has 1 aromatic heterocycles. The van der Waals surface area contributed by atoms with Crippen molar-refractivity contribution in [2.45, 2.75) is 13.8 Å². The number of anilines is 3. The number of nitrogens with one attached hydrogen (secondary N) is 3. The Hall–Kier alpha value is -2.83. The maximum atomic E-state index is 14.1. The number of benzene rings is 1. The Kier molecular flexibility index (Phi) is 3.55. The third kappa shape index (κ3) is 2.44. The van der Waals surface area contributed by atoms with E-state index in [9.17, 15) is 14.0 Å². The first-order valence-electron chi connectivity index (χ1n) is 7.19. The predicted molar refractivity (Wildman–Crippen MR) is 86.8 cm³/mol. The summed E-state index contributed by atoms with van der Waals surface area (Å²) in [5, 5.41) is 8.54. The molecule has 6 nitrogen and oxygen atoms in total. The number of pyridine rings is 1. The van der Waals surface area contributed by atoms with Crippen LogP contribution in [0.5, 0.6) is 0 Å². The van der Waals surface area contributed by atoms with Crippen LogP contribution in [0, 0.1) is 19.7 Å². The number of rotatable bonds is 2. The lowest BCUT2D eigenvalue weighted by Gasteiger charge is -2.25. The van der Waals surface area contributed by atoms with Crippen molar-refractivity contribution in [3.8, 4) is 0 Å². The SMILES string of the molecule is Cc1ccc(Nc2c3c(c(C)c(=O)n2C)NCNC3=O)c(F)c1. The highest BCUT2D eigenvalue weighted by Crippen LogP contribution is 2.30. The fourth-order valence-corrected chi connectivity index (χ4v) is 2.67. The summed E-state index contributed by atoms with van der Waals surface area (Å²) in [5.41, 5.74) is 1.97. The zero-order chi connectivity index (χ0) is 16.7. The van der Waals surface area contributed by atoms with Gasteiger partial charge in [-0.3, -0.25) is 14.2 Å². The molecule has 3 rings (SSSR count). The van der Waals surface area contributed by atoms with E-state index in [2.05, 4.69) is 16.0 Å². The molecule has 7 heteroatoms. The molecule has 120 valence electrons. The number of hydrogen-bond donors (Lipinski definition) is 3. The van der Waals surface area contributed by atoms with E-state index in [-0.39, 0.29) is 29.6 Å². The van der Waals surface area contributed by atoms with Gasteiger partial charge in [-0.15, -0.1) is 0 Å². The van der Waals surface area contributed by atoms with Crippen LogP contribution >= 0.6 is 0 Å². The fourth-order valence-electron chi connectivity index (χ4n) is 2.67. The molecule has 0 unspecified atom stereocenters. The fraction of sp³-hybridized carbons (Fsp3) is 0.250. The molecular weight excluding hydrogens is 299 g/mol. The monoisotopic (exact) mass is 316 g/mol. The van der Waals surface area contributed by atoms with Crippen molar-refractivity contribution in [1.82, 2.24) is 9.88 Å². The molecule has 0 bridgehead atoms. The summed E-state index contributed by atoms with van der Waals surface area (Å²) in [6, 6.07) is 4.72. The summed E-state index contributed by atoms with van der Waals surface area (Å²) in [6.45, 7) is 3.69. The van der Waals surface area contributed by atoms with Crippen LogP contribution in [0.1, 0.15) is 21.5 Å². The molecule has 3 N–H and O–H groups in total. The molecule has 0 spiro atoms. The average molecular weight is 316 g/mol. The van der Waals surface area contributed by atoms with Crippen molar-refractivity contribution in [3.63, 3.8) is 0 Å². The number of amides is 1. The molecular formula is C16H17FN4O2. The van der Waals surface area contributed by atoms with Crippen LogP contribution in [0.25, 0.3) is 0 Å². The summed E-state index contributed by atoms with van der Waals surface area (Å²) in [4.78, 5) is 24.6. The highest BCUT2D eigenvalue weighted by Gasteiger charge is 2.26. The molecule has 1 aromatic carbocycles. The first-order valence-corrected chi connectivity index (χ1v) is 7.19. The van der Waals surface area contributed by atoms with Crippen molar-refractivity contribution in [1.29, 1.82) is 0 Å². The van der Waals surface area contributed by atoms with Gasteiger partial charge in [0.15, 0.2) is 0 Å². The Balaban J connectivity index is 2.21. The van der Waals surface area contributed by atoms with Crippen molar-refractivity contribution in [3.05, 3.63) is 51.1 Å². The highest BCUT2D eigenvalue weighted by molar-refractivity contribution is 6.06. The van der Waals surface area contributed by atoms with E-state index in [0.717, 1.165) is 5.56 Å². The van der Waals surface area contributed by atoms with E-state index >= 15 is 0 Å². The van der Waals surface area contributed by atoms with E-state index in [1.165, 1.54) is 10.6 Å². The molecule has 23 heavy (non-hydrogen) atoms. The minimum atomic E-state index is -0.448. The van der Waals surface area contributed by atoms with Gasteiger partial charge in [0.1, 0.15) is 17.2 Å². The second kappa shape index (κ2) is 5.42. The Morgan fingerprint density at radius 1 is 1.22 bits per heavy atom. The third-order valence-corrected chi connectivity index (χ3v) is 3.94. The normalized spacial score (nSPS) is 13.1. The lowest BCUT2D eigenvalue weighted by atomic mass is 10.1. The van der Waals surface area contributed by atoms with Crippen LogP contribution < -0.4 is 21.5 Å². The zero-order valence-electron chi connectivity index (χ0n) is 13.1. The lowest BCUT2D eigenvalue weighted by Crippen LogP contribution is -2.39. The second-order valence-corrected chi connectivity index (χ2v) is 5.56. The quantitative estimate of drug-likeness (QED) is 0.792. The van der Waals surface area contributed by atoms with E-state index in [0.29, 0.717) is 16.8 Å². The summed E-state index contributed by atoms with van der Waals surface area (Å²) in [6.07, 6.45) is 0. The van der Waals surface area contributed by atoms with E-state index < -0.39 is 5.82 Å². The summed E-state index contributed by atoms with van der Waals surface area (Å²) in [5.74, 6) is -0.508. The van der Waals surface area contributed by atoms with Gasteiger partial charge in [0.05, 0.1) is 18.0 Å². The van der Waals surface area contributed by atoms with Crippen LogP contribution in [-0.4, -0.2) is 17.1 Å². The van der Waals surface area contributed by atoms with Crippen LogP contribution in [0.3, 0.4) is 0 Å². The number of aromatic nitrogens is 1. The Labute approximate surface area is 132 Å². The second-order valence-electron chi connectivity index (χ2n) is 5.56. The van der Waals surface area contributed by atoms with Crippen molar-refractivity contribution >= 4 is 23.1 Å². The maximum absolute atomic E-state index is 14.1. The number of carbonyl (C=O) groups is 1. The summed E-state index contributed by atoms with van der Waals surface area (Å²) >= 11 is 0. The highest BCUT2D eigenvalue weighted by atomic mass is 19.1. The summed E-state index contributed by atoms with van der Waals surface area (Å²) < 4.78 is 15.4. The van der Waals surface area contributed by atoms with Gasteiger partial charge in [-0.25, -0.2) is 4.39 Å². The molecule has 1 aliphatic rings. The minimum absolute atomic E-state index is 0.204. The molecule has 0 saturated carbocycles. The van der Waals surface area contributed by atoms with E-state index in [4.69, 9.17) is 0 Å². The Morgan fingerprint density at radius 2 is 1.96 bits per heavy atom. The van der Waals surface area contributed by atoms with Crippen molar-refractivity contribution in [2.75, 3.05) is 17.3 Å². The number of nitrogens with zero attached hydrogens (tertiary/aromatic N) is 1. The number of fused-ring (bicyclic) bond motifs is 1. The predicted octanol–water partition coefficient (Wildman–Crippen LogP) is 2.00. The molecule has 2 aromatic rings. The van der Waals surface area contributed by atoms with Gasteiger partial charge in [0.2, 0.25) is 0 Å². The first-order chi connectivity index (χ1) is 10.9. The number of aryl methyl sites for hydroxylation is 1. The van der Waals surface area contributed by atoms with Gasteiger partial charge in [-0.1, -0.05) is 6.07 Å². The molecule has 2 heterocycles. The van der Waals surface area contributed by atoms with Crippen molar-refractivity contribution < 1.29 is 9.18 Å². The minimum Gasteiger partial charge on any atom is -0.367 e. The Morgan fingerprint density at radius 3 is 2.65 bits per heavy atom. The van der Waals surface area contributed by atoms with Crippen LogP contribution in [0.4, 0.5) is 21.6 Å². The summed E-state index contributed by atoms with van der Waals surface area (Å²) in [7, 11) is 1.55. The van der Waals surface area contributed by atoms with Gasteiger partial charge in [0, 0.05) is 12.6 Å². The van der Waals surface area contributed by atoms with Crippen LogP contribution in [0.2, 0.25) is 0 Å². The van der Waals surface area contributed by atoms with Gasteiger partial charge in [-0.2, -0.15) is 0 Å². The average Bonchev–Trinajstić information content (AvgIpc) is 2.51. The van der Waals surface area contributed by atoms with Crippen molar-refractivity contribution in [2.24, 2.45) is 7.05 Å². The molecule has 1 aliphatic heterocycles. The van der Waals surface area contributed by atoms with Gasteiger partial charge >= 0.3 is 0 Å². The van der Waals surface area contributed by atoms with Gasteiger partial charge in [0.25, 0.3) is 11.5 Å². The third-order valence-electron chi connectivity index (χ3n) is 3.94. The topological polar surface area (TPSA) is 75.2 Å². The Bertz CT molecular complexity index is 873. The molecule has 1 amide bonds. The van der Waals surface area contributed by atoms with Gasteiger partial charge < -0.3 is 16.0 Å². The van der Waals surface area contributed by atoms with E-state index in [1.54, 1.807) is 33.0 Å².